The van der Waals surface area contributed by atoms with Crippen LogP contribution in [0.2, 0.25) is 0 Å². The van der Waals surface area contributed by atoms with Crippen LogP contribution in [0.25, 0.3) is 0 Å². The fourth-order valence-corrected chi connectivity index (χ4v) is 6.40. The van der Waals surface area contributed by atoms with Crippen LogP contribution in [0.4, 0.5) is 11.4 Å². The molecular formula is C52H62N8O18. The van der Waals surface area contributed by atoms with Gasteiger partial charge in [0.2, 0.25) is 0 Å². The van der Waals surface area contributed by atoms with Crippen LogP contribution in [0, 0.1) is 0 Å². The molecule has 2 unspecified atom stereocenters. The van der Waals surface area contributed by atoms with Crippen molar-refractivity contribution in [3.8, 4) is 23.0 Å². The first-order chi connectivity index (χ1) is 36.6. The van der Waals surface area contributed by atoms with Crippen molar-refractivity contribution in [2.75, 3.05) is 39.6 Å². The largest absolute Gasteiger partial charge is 0.491 e. The second-order valence-electron chi connectivity index (χ2n) is 18.6. The molecule has 26 heteroatoms. The minimum Gasteiger partial charge on any atom is -0.491 e. The monoisotopic (exact) mass is 1090 g/mol. The highest BCUT2D eigenvalue weighted by Crippen LogP contribution is 2.27. The maximum absolute atomic E-state index is 13.8. The fourth-order valence-electron chi connectivity index (χ4n) is 6.40. The van der Waals surface area contributed by atoms with E-state index >= 15 is 0 Å². The number of esters is 4. The van der Waals surface area contributed by atoms with E-state index in [0.29, 0.717) is 11.4 Å². The molecular weight excluding hydrogens is 1020 g/mol. The number of nitrogens with zero attached hydrogens (tertiary/aromatic N) is 2. The van der Waals surface area contributed by atoms with Gasteiger partial charge in [-0.25, -0.2) is 29.2 Å². The first kappa shape index (κ1) is 61.2. The van der Waals surface area contributed by atoms with Crippen LogP contribution in [0.3, 0.4) is 0 Å². The first-order valence-corrected chi connectivity index (χ1v) is 23.7. The van der Waals surface area contributed by atoms with Gasteiger partial charge < -0.3 is 81.7 Å². The van der Waals surface area contributed by atoms with Gasteiger partial charge in [0.15, 0.2) is 11.9 Å². The zero-order valence-corrected chi connectivity index (χ0v) is 43.5. The summed E-state index contributed by atoms with van der Waals surface area (Å²) in [4.78, 5) is 110. The number of aliphatic carboxylic acids is 2. The number of rotatable bonds is 27. The molecule has 12 N–H and O–H groups in total. The summed E-state index contributed by atoms with van der Waals surface area (Å²) < 4.78 is 44.8. The highest BCUT2D eigenvalue weighted by Gasteiger charge is 2.32. The summed E-state index contributed by atoms with van der Waals surface area (Å²) in [5.41, 5.74) is 20.4. The van der Waals surface area contributed by atoms with Gasteiger partial charge in [-0.2, -0.15) is 0 Å². The lowest BCUT2D eigenvalue weighted by Gasteiger charge is -2.26. The van der Waals surface area contributed by atoms with E-state index < -0.39 is 83.8 Å². The third kappa shape index (κ3) is 22.3. The lowest BCUT2D eigenvalue weighted by molar-refractivity contribution is -0.164. The molecule has 0 heterocycles. The van der Waals surface area contributed by atoms with Gasteiger partial charge in [-0.1, -0.05) is 0 Å². The van der Waals surface area contributed by atoms with Crippen LogP contribution in [0.15, 0.2) is 94.9 Å². The zero-order valence-electron chi connectivity index (χ0n) is 43.5. The molecule has 4 aromatic carbocycles. The molecule has 78 heavy (non-hydrogen) atoms. The summed E-state index contributed by atoms with van der Waals surface area (Å²) in [6.07, 6.45) is -1.48. The predicted molar refractivity (Wildman–Crippen MR) is 278 cm³/mol. The minimum absolute atomic E-state index is 0.00281. The molecule has 0 aromatic heterocycles. The number of carboxylic acid groups (broad SMARTS) is 2. The van der Waals surface area contributed by atoms with Gasteiger partial charge in [0, 0.05) is 23.3 Å². The van der Waals surface area contributed by atoms with Crippen molar-refractivity contribution >= 4 is 70.9 Å². The van der Waals surface area contributed by atoms with Gasteiger partial charge in [0.1, 0.15) is 59.5 Å². The van der Waals surface area contributed by atoms with E-state index in [0.717, 1.165) is 6.07 Å². The number of carboxylic acids is 2. The molecule has 0 saturated heterocycles. The number of aliphatic imine (C=N–C) groups is 2. The summed E-state index contributed by atoms with van der Waals surface area (Å²) in [6.45, 7) is 9.69. The molecule has 2 atom stereocenters. The van der Waals surface area contributed by atoms with Crippen LogP contribution < -0.4 is 52.5 Å². The molecule has 0 saturated carbocycles. The van der Waals surface area contributed by atoms with Gasteiger partial charge >= 0.3 is 35.8 Å². The predicted octanol–water partition coefficient (Wildman–Crippen LogP) is 3.26. The molecule has 2 amide bonds. The van der Waals surface area contributed by atoms with Crippen molar-refractivity contribution in [2.45, 2.75) is 77.7 Å². The van der Waals surface area contributed by atoms with E-state index in [2.05, 4.69) is 20.6 Å². The number of benzene rings is 4. The smallest absolute Gasteiger partial charge is 0.343 e. The number of amides is 2. The van der Waals surface area contributed by atoms with Crippen molar-refractivity contribution in [3.05, 3.63) is 107 Å². The Balaban J connectivity index is 1.40. The minimum atomic E-state index is -1.79. The van der Waals surface area contributed by atoms with Crippen molar-refractivity contribution in [1.82, 2.24) is 10.6 Å². The lowest BCUT2D eigenvalue weighted by atomic mass is 10.1. The normalized spacial score (nSPS) is 11.8. The molecule has 0 spiro atoms. The number of nitrogens with two attached hydrogens (primary N) is 4. The Bertz CT molecular complexity index is 2850. The van der Waals surface area contributed by atoms with Gasteiger partial charge in [-0.15, -0.1) is 0 Å². The Kier molecular flexibility index (Phi) is 22.4. The summed E-state index contributed by atoms with van der Waals surface area (Å²) in [7, 11) is 0. The Morgan fingerprint density at radius 3 is 1.26 bits per heavy atom. The molecule has 0 radical (unpaired) electrons. The lowest BCUT2D eigenvalue weighted by Crippen LogP contribution is -2.46. The third-order valence-corrected chi connectivity index (χ3v) is 9.56. The molecule has 0 aliphatic heterocycles. The average molecular weight is 1090 g/mol. The van der Waals surface area contributed by atoms with Crippen molar-refractivity contribution in [1.29, 1.82) is 0 Å². The highest BCUT2D eigenvalue weighted by atomic mass is 16.6. The van der Waals surface area contributed by atoms with E-state index in [1.807, 2.05) is 0 Å². The van der Waals surface area contributed by atoms with Crippen LogP contribution in [0.5, 0.6) is 23.0 Å². The number of carbonyl (C=O) groups is 8. The van der Waals surface area contributed by atoms with Crippen molar-refractivity contribution < 1.29 is 86.5 Å². The van der Waals surface area contributed by atoms with Crippen LogP contribution in [0.1, 0.15) is 95.8 Å². The second kappa shape index (κ2) is 28.6. The SMILES string of the molecule is CC(C)(C)OC(=O)CC(NC(=O)c1cc(OCCOCCOCCOc2cc(OC(=O)c3ccc(N=C(N)N)cc3)cc(C(=O)NC(CC(=O)O)C(=O)O)c2)cc(OC(=O)c2ccc(N=C(N)N)cc2)c1)C(=O)OC(C)(C)C. The zero-order chi connectivity index (χ0) is 57.7. The summed E-state index contributed by atoms with van der Waals surface area (Å²) >= 11 is 0. The van der Waals surface area contributed by atoms with E-state index in [-0.39, 0.29) is 96.8 Å². The first-order valence-electron chi connectivity index (χ1n) is 23.7. The van der Waals surface area contributed by atoms with Crippen molar-refractivity contribution in [2.24, 2.45) is 32.9 Å². The quantitative estimate of drug-likeness (QED) is 0.0140. The highest BCUT2D eigenvalue weighted by molar-refractivity contribution is 6.00. The standard InChI is InChI=1S/C52H62N8O18/c1-51(2,3)77-42(63)28-40(48(70)78-52(4,5)6)60-44(65)32-22-36(26-38(24-32)76-47(69)30-9-13-34(14-10-30)58-50(55)56)74-20-18-72-16-15-71-17-19-73-35-21-31(43(64)59-39(45(66)67)27-41(61)62)23-37(25-35)75-46(68)29-7-11-33(12-8-29)57-49(53)54/h7-14,21-26,39-40H,15-20,27-28H2,1-6H3,(H,59,64)(H,60,65)(H,61,62)(H,66,67)(H4,53,54,57)(H4,55,56,58). The Hall–Kier alpha value is -9.30. The van der Waals surface area contributed by atoms with E-state index in [1.54, 1.807) is 41.5 Å². The fraction of sp³-hybridized carbons (Fsp3) is 0.346. The molecule has 4 rings (SSSR count). The van der Waals surface area contributed by atoms with Gasteiger partial charge in [-0.05, 0) is 114 Å². The number of ether oxygens (including phenoxy) is 8. The number of hydrogen-bond acceptors (Lipinski definition) is 18. The molecule has 418 valence electrons. The summed E-state index contributed by atoms with van der Waals surface area (Å²) in [5, 5.41) is 23.2. The molecule has 0 bridgehead atoms. The Morgan fingerprint density at radius 2 is 0.885 bits per heavy atom. The number of hydrogen-bond donors (Lipinski definition) is 8. The van der Waals surface area contributed by atoms with E-state index in [9.17, 15) is 43.5 Å². The number of guanidine groups is 2. The second-order valence-corrected chi connectivity index (χ2v) is 18.6. The third-order valence-electron chi connectivity index (χ3n) is 9.56. The summed E-state index contributed by atoms with van der Waals surface area (Å²) in [5.74, 6) is -8.94. The number of nitrogens with one attached hydrogen (secondary N) is 2. The molecule has 0 aliphatic rings. The van der Waals surface area contributed by atoms with E-state index in [1.165, 1.54) is 78.9 Å². The van der Waals surface area contributed by atoms with Crippen LogP contribution >= 0.6 is 0 Å². The van der Waals surface area contributed by atoms with Crippen LogP contribution in [-0.4, -0.2) is 133 Å². The topological polar surface area (TPSA) is 404 Å². The van der Waals surface area contributed by atoms with Gasteiger partial charge in [-0.3, -0.25) is 19.2 Å². The van der Waals surface area contributed by atoms with Crippen LogP contribution in [-0.2, 0) is 38.1 Å². The Labute approximate surface area is 447 Å². The average Bonchev–Trinajstić information content (AvgIpc) is 3.32. The van der Waals surface area contributed by atoms with Gasteiger partial charge in [0.25, 0.3) is 11.8 Å². The molecule has 0 aliphatic carbocycles. The van der Waals surface area contributed by atoms with E-state index in [4.69, 9.17) is 65.9 Å². The van der Waals surface area contributed by atoms with Crippen molar-refractivity contribution in [3.63, 3.8) is 0 Å². The molecule has 4 aromatic rings. The maximum Gasteiger partial charge on any atom is 0.343 e. The number of carbonyl (C=O) groups excluding carboxylic acids is 6. The van der Waals surface area contributed by atoms with Gasteiger partial charge in [0.05, 0.1) is 61.8 Å². The molecule has 0 fully saturated rings. The molecule has 26 nitrogen and oxygen atoms in total. The Morgan fingerprint density at radius 1 is 0.500 bits per heavy atom. The maximum atomic E-state index is 13.8. The summed E-state index contributed by atoms with van der Waals surface area (Å²) in [6, 6.07) is 15.8.